The van der Waals surface area contributed by atoms with Crippen LogP contribution in [0.1, 0.15) is 72.6 Å². The highest BCUT2D eigenvalue weighted by Crippen LogP contribution is 2.60. The smallest absolute Gasteiger partial charge is 0.0158 e. The van der Waals surface area contributed by atoms with Crippen molar-refractivity contribution >= 4 is 26.5 Å². The van der Waals surface area contributed by atoms with Crippen LogP contribution in [0, 0.1) is 0 Å². The summed E-state index contributed by atoms with van der Waals surface area (Å²) in [5, 5.41) is 3.65. The van der Waals surface area contributed by atoms with Gasteiger partial charge in [-0.15, -0.1) is 0 Å². The molecule has 2 saturated heterocycles. The summed E-state index contributed by atoms with van der Waals surface area (Å²) < 4.78 is 0. The van der Waals surface area contributed by atoms with Gasteiger partial charge in [0.15, 0.2) is 0 Å². The summed E-state index contributed by atoms with van der Waals surface area (Å²) in [6, 6.07) is 9.73. The standard InChI is InChI=1S/C21H34P2/c1-5-17-13-12-16(4)22(17)20-10-8-9-11-21(20)23-18(6-2)14-15-19(23)7-3/h8-11,16-19H,5-7,12-15H2,1-4H3/t16-,17-,18-,19-,22?/m1/s1. The Morgan fingerprint density at radius 1 is 0.739 bits per heavy atom. The van der Waals surface area contributed by atoms with Crippen LogP contribution in [0.25, 0.3) is 0 Å². The molecule has 0 aromatic heterocycles. The maximum Gasteiger partial charge on any atom is -0.0158 e. The van der Waals surface area contributed by atoms with Crippen molar-refractivity contribution in [3.05, 3.63) is 24.3 Å². The second-order valence-corrected chi connectivity index (χ2v) is 13.2. The van der Waals surface area contributed by atoms with E-state index in [-0.39, 0.29) is 15.8 Å². The Morgan fingerprint density at radius 3 is 1.70 bits per heavy atom. The number of rotatable bonds is 5. The highest BCUT2D eigenvalue weighted by Gasteiger charge is 2.39. The Hall–Kier alpha value is 0.0800. The molecule has 128 valence electrons. The molecule has 0 bridgehead atoms. The van der Waals surface area contributed by atoms with Gasteiger partial charge in [0.1, 0.15) is 0 Å². The van der Waals surface area contributed by atoms with Crippen molar-refractivity contribution in [2.45, 2.75) is 95.3 Å². The molecule has 2 heteroatoms. The zero-order chi connectivity index (χ0) is 16.4. The van der Waals surface area contributed by atoms with E-state index in [1.54, 1.807) is 0 Å². The van der Waals surface area contributed by atoms with Crippen molar-refractivity contribution < 1.29 is 0 Å². The predicted molar refractivity (Wildman–Crippen MR) is 110 cm³/mol. The largest absolute Gasteiger partial charge is 0.0686 e. The molecule has 2 aliphatic heterocycles. The Kier molecular flexibility index (Phi) is 6.20. The second kappa shape index (κ2) is 7.97. The highest BCUT2D eigenvalue weighted by molar-refractivity contribution is 7.73. The van der Waals surface area contributed by atoms with Gasteiger partial charge in [-0.25, -0.2) is 0 Å². The Morgan fingerprint density at radius 2 is 1.17 bits per heavy atom. The minimum absolute atomic E-state index is 0.0662. The van der Waals surface area contributed by atoms with E-state index in [2.05, 4.69) is 52.0 Å². The minimum atomic E-state index is 0.0662. The summed E-state index contributed by atoms with van der Waals surface area (Å²) in [5.74, 6) is 0. The van der Waals surface area contributed by atoms with E-state index in [1.165, 1.54) is 44.9 Å². The van der Waals surface area contributed by atoms with E-state index in [4.69, 9.17) is 0 Å². The molecule has 0 radical (unpaired) electrons. The lowest BCUT2D eigenvalue weighted by Gasteiger charge is -2.32. The van der Waals surface area contributed by atoms with Crippen LogP contribution in [0.4, 0.5) is 0 Å². The molecule has 0 N–H and O–H groups in total. The molecule has 0 amide bonds. The Balaban J connectivity index is 2.00. The maximum atomic E-state index is 2.54. The maximum absolute atomic E-state index is 2.54. The third kappa shape index (κ3) is 3.41. The number of hydrogen-bond acceptors (Lipinski definition) is 0. The van der Waals surface area contributed by atoms with Crippen LogP contribution in [0.3, 0.4) is 0 Å². The Bertz CT molecular complexity index is 500. The van der Waals surface area contributed by atoms with Gasteiger partial charge in [0.05, 0.1) is 0 Å². The van der Waals surface area contributed by atoms with Gasteiger partial charge in [0.25, 0.3) is 0 Å². The van der Waals surface area contributed by atoms with Crippen LogP contribution in [-0.4, -0.2) is 22.6 Å². The van der Waals surface area contributed by atoms with Crippen molar-refractivity contribution in [1.29, 1.82) is 0 Å². The predicted octanol–water partition coefficient (Wildman–Crippen LogP) is 6.21. The molecular weight excluding hydrogens is 314 g/mol. The molecule has 1 unspecified atom stereocenters. The van der Waals surface area contributed by atoms with Gasteiger partial charge in [-0.1, -0.05) is 67.8 Å². The third-order valence-electron chi connectivity index (χ3n) is 6.26. The highest BCUT2D eigenvalue weighted by atomic mass is 31.1. The second-order valence-electron chi connectivity index (χ2n) is 7.49. The fourth-order valence-corrected chi connectivity index (χ4v) is 12.7. The minimum Gasteiger partial charge on any atom is -0.0686 e. The zero-order valence-corrected chi connectivity index (χ0v) is 17.3. The normalized spacial score (nSPS) is 35.0. The quantitative estimate of drug-likeness (QED) is 0.555. The fraction of sp³-hybridized carbons (Fsp3) is 0.714. The lowest BCUT2D eigenvalue weighted by molar-refractivity contribution is 0.696. The van der Waals surface area contributed by atoms with Crippen molar-refractivity contribution in [3.8, 4) is 0 Å². The topological polar surface area (TPSA) is 0 Å². The van der Waals surface area contributed by atoms with E-state index in [0.29, 0.717) is 0 Å². The average molecular weight is 348 g/mol. The first-order chi connectivity index (χ1) is 11.2. The third-order valence-corrected chi connectivity index (χ3v) is 13.8. The van der Waals surface area contributed by atoms with Crippen molar-refractivity contribution in [3.63, 3.8) is 0 Å². The molecule has 0 saturated carbocycles. The summed E-state index contributed by atoms with van der Waals surface area (Å²) in [7, 11) is 0.135. The molecule has 0 nitrogen and oxygen atoms in total. The first-order valence-corrected chi connectivity index (χ1v) is 12.8. The average Bonchev–Trinajstić information content (AvgIpc) is 3.17. The summed E-state index contributed by atoms with van der Waals surface area (Å²) >= 11 is 0. The summed E-state index contributed by atoms with van der Waals surface area (Å²) in [6.45, 7) is 9.82. The van der Waals surface area contributed by atoms with Gasteiger partial charge in [-0.2, -0.15) is 0 Å². The lowest BCUT2D eigenvalue weighted by Crippen LogP contribution is -2.29. The number of benzene rings is 1. The zero-order valence-electron chi connectivity index (χ0n) is 15.5. The van der Waals surface area contributed by atoms with Gasteiger partial charge in [-0.05, 0) is 78.2 Å². The van der Waals surface area contributed by atoms with E-state index >= 15 is 0 Å². The molecule has 1 aromatic carbocycles. The van der Waals surface area contributed by atoms with Crippen LogP contribution >= 0.6 is 15.8 Å². The molecule has 1 aromatic rings. The van der Waals surface area contributed by atoms with Gasteiger partial charge in [-0.3, -0.25) is 0 Å². The fourth-order valence-electron chi connectivity index (χ4n) is 4.96. The molecule has 0 aliphatic carbocycles. The molecule has 23 heavy (non-hydrogen) atoms. The van der Waals surface area contributed by atoms with E-state index < -0.39 is 0 Å². The first kappa shape index (κ1) is 17.9. The van der Waals surface area contributed by atoms with Crippen LogP contribution in [0.2, 0.25) is 0 Å². The van der Waals surface area contributed by atoms with Crippen molar-refractivity contribution in [1.82, 2.24) is 0 Å². The molecular formula is C21H34P2. The van der Waals surface area contributed by atoms with E-state index in [1.807, 2.05) is 10.6 Å². The van der Waals surface area contributed by atoms with Gasteiger partial charge in [0, 0.05) is 0 Å². The molecule has 5 atom stereocenters. The molecule has 2 aliphatic rings. The summed E-state index contributed by atoms with van der Waals surface area (Å²) in [4.78, 5) is 0. The van der Waals surface area contributed by atoms with E-state index in [9.17, 15) is 0 Å². The van der Waals surface area contributed by atoms with Crippen LogP contribution in [0.15, 0.2) is 24.3 Å². The monoisotopic (exact) mass is 348 g/mol. The van der Waals surface area contributed by atoms with Gasteiger partial charge in [0.2, 0.25) is 0 Å². The van der Waals surface area contributed by atoms with Crippen LogP contribution in [-0.2, 0) is 0 Å². The first-order valence-electron chi connectivity index (χ1n) is 9.86. The molecule has 2 fully saturated rings. The van der Waals surface area contributed by atoms with Crippen molar-refractivity contribution in [2.24, 2.45) is 0 Å². The molecule has 3 rings (SSSR count). The summed E-state index contributed by atoms with van der Waals surface area (Å²) in [5.41, 5.74) is 3.90. The lowest BCUT2D eigenvalue weighted by atomic mass is 10.1. The summed E-state index contributed by atoms with van der Waals surface area (Å²) in [6.07, 6.45) is 10.1. The van der Waals surface area contributed by atoms with Crippen molar-refractivity contribution in [2.75, 3.05) is 0 Å². The molecule has 0 spiro atoms. The molecule has 2 heterocycles. The van der Waals surface area contributed by atoms with Gasteiger partial charge >= 0.3 is 0 Å². The SMILES string of the molecule is CC[C@@H]1CC[C@@H](CC)P1c1ccccc1P1[C@H](CC)CC[C@H]1C. The number of hydrogen-bond donors (Lipinski definition) is 0. The Labute approximate surface area is 146 Å². The van der Waals surface area contributed by atoms with E-state index in [0.717, 1.165) is 22.6 Å². The van der Waals surface area contributed by atoms with Crippen LogP contribution in [0.5, 0.6) is 0 Å². The van der Waals surface area contributed by atoms with Gasteiger partial charge < -0.3 is 0 Å². The van der Waals surface area contributed by atoms with Crippen LogP contribution < -0.4 is 10.6 Å².